The Kier molecular flexibility index (Phi) is 7.28. The molecule has 0 saturated heterocycles. The molecule has 0 fully saturated rings. The van der Waals surface area contributed by atoms with E-state index in [9.17, 15) is 8.42 Å². The molecule has 0 spiro atoms. The van der Waals surface area contributed by atoms with Crippen LogP contribution in [0.2, 0.25) is 0 Å². The highest BCUT2D eigenvalue weighted by molar-refractivity contribution is 7.97. The minimum atomic E-state index is -3.67. The van der Waals surface area contributed by atoms with Crippen molar-refractivity contribution in [2.24, 2.45) is 0 Å². The molecule has 0 atom stereocenters. The fraction of sp³-hybridized carbons (Fsp3) is 0.200. The number of thioether (sulfide) groups is 1. The molecule has 0 aliphatic carbocycles. The van der Waals surface area contributed by atoms with Crippen molar-refractivity contribution in [3.63, 3.8) is 0 Å². The lowest BCUT2D eigenvalue weighted by atomic mass is 10.2. The van der Waals surface area contributed by atoms with Gasteiger partial charge in [-0.3, -0.25) is 4.55 Å². The number of phenolic OH excluding ortho intramolecular Hbond substituents is 1. The van der Waals surface area contributed by atoms with Crippen molar-refractivity contribution in [2.45, 2.75) is 11.5 Å². The first-order chi connectivity index (χ1) is 9.84. The number of phenols is 1. The molecule has 2 aromatic rings. The van der Waals surface area contributed by atoms with Gasteiger partial charge in [0.1, 0.15) is 5.75 Å². The first kappa shape index (κ1) is 17.6. The third-order valence-electron chi connectivity index (χ3n) is 2.32. The maximum Gasteiger partial charge on any atom is 0.261 e. The van der Waals surface area contributed by atoms with Crippen molar-refractivity contribution in [1.29, 1.82) is 0 Å². The molecule has 114 valence electrons. The van der Waals surface area contributed by atoms with Crippen LogP contribution in [-0.4, -0.2) is 24.3 Å². The lowest BCUT2D eigenvalue weighted by Gasteiger charge is -2.02. The Labute approximate surface area is 129 Å². The predicted octanol–water partition coefficient (Wildman–Crippen LogP) is 3.33. The van der Waals surface area contributed by atoms with E-state index >= 15 is 0 Å². The van der Waals surface area contributed by atoms with Gasteiger partial charge in [0.05, 0.1) is 6.26 Å². The summed E-state index contributed by atoms with van der Waals surface area (Å²) in [5.74, 6) is 2.34. The zero-order valence-electron chi connectivity index (χ0n) is 11.6. The van der Waals surface area contributed by atoms with Gasteiger partial charge in [-0.15, -0.1) is 0 Å². The van der Waals surface area contributed by atoms with Gasteiger partial charge in [-0.1, -0.05) is 42.5 Å². The van der Waals surface area contributed by atoms with E-state index < -0.39 is 10.1 Å². The van der Waals surface area contributed by atoms with Crippen molar-refractivity contribution < 1.29 is 18.1 Å². The second-order valence-electron chi connectivity index (χ2n) is 4.38. The van der Waals surface area contributed by atoms with Gasteiger partial charge in [0, 0.05) is 11.5 Å². The third kappa shape index (κ3) is 9.95. The molecule has 21 heavy (non-hydrogen) atoms. The Morgan fingerprint density at radius 1 is 0.905 bits per heavy atom. The molecule has 6 heteroatoms. The van der Waals surface area contributed by atoms with Crippen molar-refractivity contribution in [2.75, 3.05) is 6.26 Å². The lowest BCUT2D eigenvalue weighted by Crippen LogP contribution is -1.88. The summed E-state index contributed by atoms with van der Waals surface area (Å²) in [6.07, 6.45) is 0.715. The molecule has 2 aromatic carbocycles. The van der Waals surface area contributed by atoms with Crippen LogP contribution < -0.4 is 0 Å². The molecular formula is C15H18O4S2. The molecule has 2 N–H and O–H groups in total. The third-order valence-corrected chi connectivity index (χ3v) is 3.39. The normalized spacial score (nSPS) is 10.6. The SMILES string of the molecule is CS(=O)(=O)O.Oc1ccc(CSCc2ccccc2)cc1. The molecule has 2 rings (SSSR count). The fourth-order valence-corrected chi connectivity index (χ4v) is 2.41. The smallest absolute Gasteiger partial charge is 0.261 e. The highest BCUT2D eigenvalue weighted by Crippen LogP contribution is 2.19. The molecule has 0 aliphatic rings. The van der Waals surface area contributed by atoms with Gasteiger partial charge in [-0.25, -0.2) is 0 Å². The second kappa shape index (κ2) is 8.71. The van der Waals surface area contributed by atoms with E-state index in [-0.39, 0.29) is 0 Å². The molecule has 0 saturated carbocycles. The van der Waals surface area contributed by atoms with Gasteiger partial charge in [0.2, 0.25) is 0 Å². The molecule has 0 aliphatic heterocycles. The maximum atomic E-state index is 9.19. The van der Waals surface area contributed by atoms with Gasteiger partial charge < -0.3 is 5.11 Å². The zero-order valence-corrected chi connectivity index (χ0v) is 13.3. The summed E-state index contributed by atoms with van der Waals surface area (Å²) in [7, 11) is -3.67. The molecular weight excluding hydrogens is 308 g/mol. The monoisotopic (exact) mass is 326 g/mol. The Bertz CT molecular complexity index is 614. The number of aromatic hydroxyl groups is 1. The summed E-state index contributed by atoms with van der Waals surface area (Å²) in [4.78, 5) is 0. The molecule has 0 bridgehead atoms. The average Bonchev–Trinajstić information content (AvgIpc) is 2.40. The second-order valence-corrected chi connectivity index (χ2v) is 6.83. The number of hydrogen-bond acceptors (Lipinski definition) is 4. The summed E-state index contributed by atoms with van der Waals surface area (Å²) < 4.78 is 25.9. The topological polar surface area (TPSA) is 74.6 Å². The maximum absolute atomic E-state index is 9.19. The van der Waals surface area contributed by atoms with Gasteiger partial charge >= 0.3 is 0 Å². The highest BCUT2D eigenvalue weighted by atomic mass is 32.2. The molecule has 0 unspecified atom stereocenters. The molecule has 0 aromatic heterocycles. The Balaban J connectivity index is 0.000000383. The van der Waals surface area contributed by atoms with Crippen LogP contribution in [0.1, 0.15) is 11.1 Å². The van der Waals surface area contributed by atoms with Crippen molar-refractivity contribution in [3.05, 3.63) is 65.7 Å². The van der Waals surface area contributed by atoms with E-state index in [4.69, 9.17) is 9.66 Å². The van der Waals surface area contributed by atoms with Crippen LogP contribution in [0.25, 0.3) is 0 Å². The van der Waals surface area contributed by atoms with Crippen LogP contribution in [0.3, 0.4) is 0 Å². The largest absolute Gasteiger partial charge is 0.508 e. The Morgan fingerprint density at radius 3 is 1.81 bits per heavy atom. The van der Waals surface area contributed by atoms with Gasteiger partial charge in [0.25, 0.3) is 10.1 Å². The quantitative estimate of drug-likeness (QED) is 0.843. The number of hydrogen-bond donors (Lipinski definition) is 2. The summed E-state index contributed by atoms with van der Waals surface area (Å²) in [6, 6.07) is 17.9. The summed E-state index contributed by atoms with van der Waals surface area (Å²) in [5.41, 5.74) is 2.60. The van der Waals surface area contributed by atoms with Crippen LogP contribution >= 0.6 is 11.8 Å². The summed E-state index contributed by atoms with van der Waals surface area (Å²) in [5, 5.41) is 9.15. The Hall–Kier alpha value is -1.50. The standard InChI is InChI=1S/C14H14OS.CH4O3S/c15-14-8-6-13(7-9-14)11-16-10-12-4-2-1-3-5-12;1-5(2,3)4/h1-9,15H,10-11H2;1H3,(H,2,3,4). The van der Waals surface area contributed by atoms with E-state index in [1.807, 2.05) is 30.0 Å². The minimum Gasteiger partial charge on any atom is -0.508 e. The number of benzene rings is 2. The Morgan fingerprint density at radius 2 is 1.33 bits per heavy atom. The molecule has 4 nitrogen and oxygen atoms in total. The van der Waals surface area contributed by atoms with Crippen LogP contribution in [0.5, 0.6) is 5.75 Å². The zero-order chi connectivity index (χ0) is 15.7. The first-order valence-corrected chi connectivity index (χ1v) is 9.17. The van der Waals surface area contributed by atoms with E-state index in [0.29, 0.717) is 12.0 Å². The minimum absolute atomic E-state index is 0.330. The van der Waals surface area contributed by atoms with Crippen molar-refractivity contribution in [1.82, 2.24) is 0 Å². The summed E-state index contributed by atoms with van der Waals surface area (Å²) >= 11 is 1.88. The highest BCUT2D eigenvalue weighted by Gasteiger charge is 1.95. The van der Waals surface area contributed by atoms with Crippen LogP contribution in [0.4, 0.5) is 0 Å². The van der Waals surface area contributed by atoms with Gasteiger partial charge in [-0.2, -0.15) is 20.2 Å². The lowest BCUT2D eigenvalue weighted by molar-refractivity contribution is 0.475. The first-order valence-electron chi connectivity index (χ1n) is 6.16. The van der Waals surface area contributed by atoms with Crippen LogP contribution in [0.15, 0.2) is 54.6 Å². The predicted molar refractivity (Wildman–Crippen MR) is 87.0 cm³/mol. The van der Waals surface area contributed by atoms with Gasteiger partial charge in [-0.05, 0) is 23.3 Å². The van der Waals surface area contributed by atoms with Crippen molar-refractivity contribution in [3.8, 4) is 5.75 Å². The van der Waals surface area contributed by atoms with Crippen molar-refractivity contribution >= 4 is 21.9 Å². The van der Waals surface area contributed by atoms with E-state index in [0.717, 1.165) is 11.5 Å². The molecule has 0 amide bonds. The number of rotatable bonds is 4. The average molecular weight is 326 g/mol. The van der Waals surface area contributed by atoms with Crippen LogP contribution in [0, 0.1) is 0 Å². The fourth-order valence-electron chi connectivity index (χ4n) is 1.45. The van der Waals surface area contributed by atoms with E-state index in [2.05, 4.69) is 24.3 Å². The molecule has 0 heterocycles. The van der Waals surface area contributed by atoms with E-state index in [1.54, 1.807) is 12.1 Å². The summed E-state index contributed by atoms with van der Waals surface area (Å²) in [6.45, 7) is 0. The molecule has 0 radical (unpaired) electrons. The van der Waals surface area contributed by atoms with Crippen LogP contribution in [-0.2, 0) is 21.6 Å². The van der Waals surface area contributed by atoms with E-state index in [1.165, 1.54) is 11.1 Å². The van der Waals surface area contributed by atoms with Gasteiger partial charge in [0.15, 0.2) is 0 Å².